The molecule has 0 radical (unpaired) electrons. The number of nitrogens with zero attached hydrogens (tertiary/aromatic N) is 2. The Morgan fingerprint density at radius 2 is 1.53 bits per heavy atom. The van der Waals surface area contributed by atoms with Crippen LogP contribution in [0.5, 0.6) is 0 Å². The second kappa shape index (κ2) is 8.97. The highest BCUT2D eigenvalue weighted by atomic mass is 19.1. The third-order valence-electron chi connectivity index (χ3n) is 7.20. The summed E-state index contributed by atoms with van der Waals surface area (Å²) in [5.74, 6) is -0.305. The van der Waals surface area contributed by atoms with Crippen molar-refractivity contribution in [1.29, 1.82) is 5.26 Å². The van der Waals surface area contributed by atoms with Gasteiger partial charge in [-0.05, 0) is 66.7 Å². The van der Waals surface area contributed by atoms with Crippen LogP contribution in [0.4, 0.5) is 4.39 Å². The van der Waals surface area contributed by atoms with E-state index in [9.17, 15) is 9.65 Å². The molecule has 38 heavy (non-hydrogen) atoms. The summed E-state index contributed by atoms with van der Waals surface area (Å²) in [6, 6.07) is 25.9. The van der Waals surface area contributed by atoms with Gasteiger partial charge in [-0.25, -0.2) is 8.96 Å². The fourth-order valence-electron chi connectivity index (χ4n) is 5.26. The number of fused-ring (bicyclic) bond motifs is 3. The quantitative estimate of drug-likeness (QED) is 0.229. The number of nitriles is 1. The predicted molar refractivity (Wildman–Crippen MR) is 150 cm³/mol. The van der Waals surface area contributed by atoms with Crippen molar-refractivity contribution in [2.75, 3.05) is 0 Å². The van der Waals surface area contributed by atoms with E-state index in [1.165, 1.54) is 6.07 Å². The standard InChI is InChI=1S/C34H26FN2O/c1-20-10-12-24(16-28(20)23-8-6-5-7-9-23)32-25(18-36)13-15-27-26-14-11-21(2)31(33(26)38-34(27)32)30-17-29(35)22(3)19-37(30)4/h5-17,19H,1-4H3/q+1/i1D3. The minimum absolute atomic E-state index is 0.231. The maximum Gasteiger partial charge on any atom is 0.219 e. The Balaban J connectivity index is 1.68. The molecule has 3 nitrogen and oxygen atoms in total. The van der Waals surface area contributed by atoms with Crippen LogP contribution in [-0.4, -0.2) is 0 Å². The minimum Gasteiger partial charge on any atom is -0.454 e. The molecule has 0 bridgehead atoms. The molecule has 0 fully saturated rings. The average Bonchev–Trinajstić information content (AvgIpc) is 3.33. The summed E-state index contributed by atoms with van der Waals surface area (Å²) < 4.78 is 47.6. The van der Waals surface area contributed by atoms with Crippen molar-refractivity contribution in [3.05, 3.63) is 113 Å². The second-order valence-corrected chi connectivity index (χ2v) is 9.64. The molecule has 0 N–H and O–H groups in total. The van der Waals surface area contributed by atoms with E-state index in [0.29, 0.717) is 44.7 Å². The summed E-state index contributed by atoms with van der Waals surface area (Å²) in [6.07, 6.45) is 1.75. The number of aryl methyl sites for hydroxylation is 4. The summed E-state index contributed by atoms with van der Waals surface area (Å²) in [5, 5.41) is 11.8. The van der Waals surface area contributed by atoms with Gasteiger partial charge in [0.15, 0.2) is 6.20 Å². The first-order chi connectivity index (χ1) is 19.6. The number of rotatable bonds is 3. The van der Waals surface area contributed by atoms with Crippen LogP contribution in [0.25, 0.3) is 55.4 Å². The zero-order valence-corrected chi connectivity index (χ0v) is 21.3. The Kier molecular flexibility index (Phi) is 4.80. The first-order valence-electron chi connectivity index (χ1n) is 13.8. The number of aromatic nitrogens is 1. The van der Waals surface area contributed by atoms with Gasteiger partial charge in [0.05, 0.1) is 17.2 Å². The molecule has 4 heteroatoms. The van der Waals surface area contributed by atoms with E-state index < -0.39 is 6.85 Å². The molecule has 0 aliphatic carbocycles. The van der Waals surface area contributed by atoms with Gasteiger partial charge in [0.25, 0.3) is 0 Å². The van der Waals surface area contributed by atoms with Crippen LogP contribution in [0.2, 0.25) is 0 Å². The Morgan fingerprint density at radius 3 is 2.26 bits per heavy atom. The molecule has 184 valence electrons. The number of hydrogen-bond donors (Lipinski definition) is 0. The van der Waals surface area contributed by atoms with Crippen molar-refractivity contribution in [1.82, 2.24) is 0 Å². The summed E-state index contributed by atoms with van der Waals surface area (Å²) in [6.45, 7) is 1.37. The summed E-state index contributed by atoms with van der Waals surface area (Å²) in [4.78, 5) is 0. The summed E-state index contributed by atoms with van der Waals surface area (Å²) in [5.41, 5.74) is 7.24. The lowest BCUT2D eigenvalue weighted by atomic mass is 9.92. The minimum atomic E-state index is -2.32. The van der Waals surface area contributed by atoms with Crippen molar-refractivity contribution in [2.45, 2.75) is 20.7 Å². The molecule has 0 saturated carbocycles. The van der Waals surface area contributed by atoms with E-state index in [4.69, 9.17) is 8.53 Å². The van der Waals surface area contributed by atoms with Crippen molar-refractivity contribution < 1.29 is 17.5 Å². The van der Waals surface area contributed by atoms with E-state index in [1.54, 1.807) is 31.3 Å². The van der Waals surface area contributed by atoms with Gasteiger partial charge in [-0.3, -0.25) is 0 Å². The molecule has 0 saturated heterocycles. The van der Waals surface area contributed by atoms with Crippen LogP contribution < -0.4 is 4.57 Å². The monoisotopic (exact) mass is 500 g/mol. The smallest absolute Gasteiger partial charge is 0.219 e. The summed E-state index contributed by atoms with van der Waals surface area (Å²) in [7, 11) is 1.87. The highest BCUT2D eigenvalue weighted by Gasteiger charge is 2.24. The molecule has 0 unspecified atom stereocenters. The van der Waals surface area contributed by atoms with Gasteiger partial charge in [-0.2, -0.15) is 5.26 Å². The topological polar surface area (TPSA) is 40.8 Å². The fourth-order valence-corrected chi connectivity index (χ4v) is 5.26. The van der Waals surface area contributed by atoms with Crippen molar-refractivity contribution in [3.8, 4) is 39.6 Å². The normalized spacial score (nSPS) is 12.8. The third-order valence-corrected chi connectivity index (χ3v) is 7.20. The predicted octanol–water partition coefficient (Wildman–Crippen LogP) is 8.35. The average molecular weight is 501 g/mol. The van der Waals surface area contributed by atoms with Crippen molar-refractivity contribution >= 4 is 21.9 Å². The van der Waals surface area contributed by atoms with Gasteiger partial charge in [-0.1, -0.05) is 54.6 Å². The zero-order chi connectivity index (χ0) is 29.1. The van der Waals surface area contributed by atoms with Crippen LogP contribution in [0.1, 0.15) is 26.4 Å². The van der Waals surface area contributed by atoms with Gasteiger partial charge >= 0.3 is 0 Å². The van der Waals surface area contributed by atoms with E-state index >= 15 is 0 Å². The van der Waals surface area contributed by atoms with Crippen LogP contribution >= 0.6 is 0 Å². The second-order valence-electron chi connectivity index (χ2n) is 9.64. The zero-order valence-electron chi connectivity index (χ0n) is 24.3. The summed E-state index contributed by atoms with van der Waals surface area (Å²) >= 11 is 0. The van der Waals surface area contributed by atoms with Gasteiger partial charge in [0.1, 0.15) is 24.0 Å². The maximum absolute atomic E-state index is 14.7. The maximum atomic E-state index is 14.7. The van der Waals surface area contributed by atoms with Gasteiger partial charge < -0.3 is 4.42 Å². The van der Waals surface area contributed by atoms with Crippen LogP contribution in [0, 0.1) is 37.8 Å². The van der Waals surface area contributed by atoms with Crippen LogP contribution in [-0.2, 0) is 7.05 Å². The Labute approximate surface area is 225 Å². The van der Waals surface area contributed by atoms with Crippen molar-refractivity contribution in [3.63, 3.8) is 0 Å². The number of halogens is 1. The van der Waals surface area contributed by atoms with Gasteiger partial charge in [-0.15, -0.1) is 0 Å². The van der Waals surface area contributed by atoms with E-state index in [2.05, 4.69) is 6.07 Å². The molecule has 0 amide bonds. The fraction of sp³-hybridized carbons (Fsp3) is 0.118. The molecule has 0 spiro atoms. The van der Waals surface area contributed by atoms with Crippen molar-refractivity contribution in [2.24, 2.45) is 7.05 Å². The van der Waals surface area contributed by atoms with E-state index in [1.807, 2.05) is 73.1 Å². The van der Waals surface area contributed by atoms with Crippen LogP contribution in [0.15, 0.2) is 89.5 Å². The molecular formula is C34H26FN2O+. The SMILES string of the molecule is [2H]C([2H])([2H])c1ccc(-c2c(C#N)ccc3c2oc2c(-c4cc(F)c(C)c[n+]4C)c(C)ccc23)cc1-c1ccccc1. The lowest BCUT2D eigenvalue weighted by molar-refractivity contribution is -0.661. The first kappa shape index (κ1) is 20.3. The lowest BCUT2D eigenvalue weighted by Gasteiger charge is -2.11. The highest BCUT2D eigenvalue weighted by molar-refractivity contribution is 6.14. The Bertz CT molecular complexity index is 2040. The lowest BCUT2D eigenvalue weighted by Crippen LogP contribution is -2.31. The highest BCUT2D eigenvalue weighted by Crippen LogP contribution is 2.42. The van der Waals surface area contributed by atoms with Gasteiger partial charge in [0.2, 0.25) is 5.69 Å². The number of benzene rings is 4. The molecular weight excluding hydrogens is 471 g/mol. The first-order valence-corrected chi connectivity index (χ1v) is 12.3. The van der Waals surface area contributed by atoms with E-state index in [-0.39, 0.29) is 11.4 Å². The number of hydrogen-bond acceptors (Lipinski definition) is 2. The molecule has 4 aromatic carbocycles. The number of pyridine rings is 1. The third kappa shape index (κ3) is 3.67. The number of furan rings is 1. The largest absolute Gasteiger partial charge is 0.454 e. The molecule has 2 heterocycles. The van der Waals surface area contributed by atoms with Crippen LogP contribution in [0.3, 0.4) is 0 Å². The van der Waals surface area contributed by atoms with Gasteiger partial charge in [0, 0.05) is 32.1 Å². The Hall–Kier alpha value is -4.75. The molecule has 2 aromatic heterocycles. The molecule has 0 atom stereocenters. The molecule has 6 aromatic rings. The Morgan fingerprint density at radius 1 is 0.816 bits per heavy atom. The molecule has 6 rings (SSSR count). The van der Waals surface area contributed by atoms with E-state index in [0.717, 1.165) is 27.5 Å². The molecule has 0 aliphatic heterocycles. The molecule has 0 aliphatic rings.